The second-order valence-corrected chi connectivity index (χ2v) is 9.85. The normalized spacial score (nSPS) is 15.5. The first-order valence-electron chi connectivity index (χ1n) is 11.9. The van der Waals surface area contributed by atoms with Crippen LogP contribution in [0.2, 0.25) is 0 Å². The summed E-state index contributed by atoms with van der Waals surface area (Å²) in [6.45, 7) is 4.95. The maximum atomic E-state index is 11.8. The van der Waals surface area contributed by atoms with Crippen LogP contribution in [0.25, 0.3) is 10.2 Å². The molecule has 34 heavy (non-hydrogen) atoms. The van der Waals surface area contributed by atoms with Crippen molar-refractivity contribution in [3.8, 4) is 0 Å². The maximum Gasteiger partial charge on any atom is 0.260 e. The molecule has 1 amide bonds. The van der Waals surface area contributed by atoms with Crippen molar-refractivity contribution in [1.29, 1.82) is 0 Å². The summed E-state index contributed by atoms with van der Waals surface area (Å²) in [6.07, 6.45) is 3.34. The Kier molecular flexibility index (Phi) is 7.87. The van der Waals surface area contributed by atoms with Crippen molar-refractivity contribution in [2.75, 3.05) is 42.1 Å². The number of aliphatic hydroxyl groups is 1. The highest BCUT2D eigenvalue weighted by molar-refractivity contribution is 7.21. The molecule has 0 spiro atoms. The van der Waals surface area contributed by atoms with Gasteiger partial charge in [0.05, 0.1) is 11.8 Å². The highest BCUT2D eigenvalue weighted by Crippen LogP contribution is 2.37. The second kappa shape index (κ2) is 11.0. The van der Waals surface area contributed by atoms with Gasteiger partial charge in [-0.1, -0.05) is 31.5 Å². The van der Waals surface area contributed by atoms with E-state index in [9.17, 15) is 9.90 Å². The van der Waals surface area contributed by atoms with Crippen LogP contribution in [0.4, 0.5) is 17.2 Å². The summed E-state index contributed by atoms with van der Waals surface area (Å²) in [7, 11) is 0. The summed E-state index contributed by atoms with van der Waals surface area (Å²) >= 11 is 1.28. The van der Waals surface area contributed by atoms with E-state index in [-0.39, 0.29) is 0 Å². The third kappa shape index (κ3) is 5.60. The first kappa shape index (κ1) is 24.3. The van der Waals surface area contributed by atoms with Crippen LogP contribution in [0, 0.1) is 0 Å². The number of thiophene rings is 1. The molecule has 9 heteroatoms. The molecule has 1 aliphatic rings. The van der Waals surface area contributed by atoms with E-state index >= 15 is 0 Å². The third-order valence-electron chi connectivity index (χ3n) is 6.29. The minimum absolute atomic E-state index is 0.361. The number of rotatable bonds is 10. The third-order valence-corrected chi connectivity index (χ3v) is 7.40. The Morgan fingerprint density at radius 2 is 2.00 bits per heavy atom. The summed E-state index contributed by atoms with van der Waals surface area (Å²) in [4.78, 5) is 20.1. The molecule has 2 aromatic heterocycles. The van der Waals surface area contributed by atoms with Crippen molar-refractivity contribution in [1.82, 2.24) is 10.3 Å². The lowest BCUT2D eigenvalue weighted by atomic mass is 10.0. The van der Waals surface area contributed by atoms with Gasteiger partial charge in [0.15, 0.2) is 0 Å². The molecule has 1 unspecified atom stereocenters. The SMILES string of the molecule is CCCc1cc(N2CCC(NCC(O)CNc3ccccc3)CC2)nc2sc(C(N)=O)c(N)c12. The number of benzene rings is 1. The van der Waals surface area contributed by atoms with Gasteiger partial charge in [0.2, 0.25) is 0 Å². The van der Waals surface area contributed by atoms with Gasteiger partial charge in [0.25, 0.3) is 5.91 Å². The highest BCUT2D eigenvalue weighted by Gasteiger charge is 2.24. The largest absolute Gasteiger partial charge is 0.397 e. The Balaban J connectivity index is 1.34. The van der Waals surface area contributed by atoms with E-state index in [2.05, 4.69) is 28.5 Å². The van der Waals surface area contributed by atoms with E-state index in [0.717, 1.165) is 66.1 Å². The fourth-order valence-corrected chi connectivity index (χ4v) is 5.46. The number of carbonyl (C=O) groups excluding carboxylic acids is 1. The average Bonchev–Trinajstić information content (AvgIpc) is 3.19. The number of amides is 1. The molecule has 1 atom stereocenters. The number of carbonyl (C=O) groups is 1. The van der Waals surface area contributed by atoms with Gasteiger partial charge in [-0.15, -0.1) is 11.3 Å². The van der Waals surface area contributed by atoms with Crippen molar-refractivity contribution in [3.05, 3.63) is 46.8 Å². The smallest absolute Gasteiger partial charge is 0.260 e. The second-order valence-electron chi connectivity index (χ2n) is 8.85. The molecule has 1 aliphatic heterocycles. The van der Waals surface area contributed by atoms with Gasteiger partial charge < -0.3 is 32.1 Å². The Bertz CT molecular complexity index is 1110. The van der Waals surface area contributed by atoms with Crippen molar-refractivity contribution in [2.24, 2.45) is 5.73 Å². The molecule has 1 aromatic carbocycles. The van der Waals surface area contributed by atoms with Crippen LogP contribution in [0.1, 0.15) is 41.4 Å². The predicted molar refractivity (Wildman–Crippen MR) is 141 cm³/mol. The van der Waals surface area contributed by atoms with Gasteiger partial charge in [-0.05, 0) is 43.0 Å². The van der Waals surface area contributed by atoms with Crippen molar-refractivity contribution in [3.63, 3.8) is 0 Å². The molecule has 182 valence electrons. The number of para-hydroxylation sites is 1. The molecule has 8 nitrogen and oxygen atoms in total. The van der Waals surface area contributed by atoms with Crippen LogP contribution >= 0.6 is 11.3 Å². The summed E-state index contributed by atoms with van der Waals surface area (Å²) in [5.74, 6) is 0.427. The van der Waals surface area contributed by atoms with Crippen LogP contribution in [-0.4, -0.2) is 54.3 Å². The lowest BCUT2D eigenvalue weighted by Crippen LogP contribution is -2.45. The highest BCUT2D eigenvalue weighted by atomic mass is 32.1. The summed E-state index contributed by atoms with van der Waals surface area (Å²) in [6, 6.07) is 12.4. The number of nitrogen functional groups attached to an aromatic ring is 1. The van der Waals surface area contributed by atoms with Gasteiger partial charge in [-0.25, -0.2) is 4.98 Å². The van der Waals surface area contributed by atoms with Gasteiger partial charge in [0.1, 0.15) is 15.5 Å². The van der Waals surface area contributed by atoms with E-state index < -0.39 is 12.0 Å². The molecule has 1 fully saturated rings. The van der Waals surface area contributed by atoms with Crippen LogP contribution < -0.4 is 27.0 Å². The number of pyridine rings is 1. The number of aryl methyl sites for hydroxylation is 1. The zero-order valence-corrected chi connectivity index (χ0v) is 20.4. The van der Waals surface area contributed by atoms with Crippen molar-refractivity contribution >= 4 is 44.7 Å². The lowest BCUT2D eigenvalue weighted by Gasteiger charge is -2.34. The Morgan fingerprint density at radius 3 is 2.68 bits per heavy atom. The zero-order valence-electron chi connectivity index (χ0n) is 19.6. The number of nitrogens with one attached hydrogen (secondary N) is 2. The molecule has 0 saturated carbocycles. The molecule has 0 bridgehead atoms. The van der Waals surface area contributed by atoms with Crippen LogP contribution in [-0.2, 0) is 6.42 Å². The summed E-state index contributed by atoms with van der Waals surface area (Å²) < 4.78 is 0. The van der Waals surface area contributed by atoms with Crippen LogP contribution in [0.3, 0.4) is 0 Å². The molecular weight excluding hydrogens is 448 g/mol. The van der Waals surface area contributed by atoms with Crippen molar-refractivity contribution < 1.29 is 9.90 Å². The van der Waals surface area contributed by atoms with E-state index in [1.807, 2.05) is 30.3 Å². The fourth-order valence-electron chi connectivity index (χ4n) is 4.48. The number of aromatic nitrogens is 1. The minimum atomic E-state index is -0.502. The molecule has 1 saturated heterocycles. The standard InChI is InChI=1S/C25H34N6O2S/c1-2-6-16-13-20(30-25-21(16)22(26)23(34-25)24(27)33)31-11-9-18(10-12-31)29-15-19(32)14-28-17-7-4-3-5-8-17/h3-5,7-8,13,18-19,28-29,32H,2,6,9-12,14-15,26H2,1H3,(H2,27,33). The number of hydrogen-bond acceptors (Lipinski definition) is 8. The Labute approximate surface area is 204 Å². The molecule has 3 aromatic rings. The minimum Gasteiger partial charge on any atom is -0.397 e. The van der Waals surface area contributed by atoms with Crippen LogP contribution in [0.5, 0.6) is 0 Å². The average molecular weight is 483 g/mol. The predicted octanol–water partition coefficient (Wildman–Crippen LogP) is 2.96. The number of nitrogens with zero attached hydrogens (tertiary/aromatic N) is 2. The molecule has 0 aliphatic carbocycles. The fraction of sp³-hybridized carbons (Fsp3) is 0.440. The maximum absolute atomic E-state index is 11.8. The Hall–Kier alpha value is -2.88. The molecule has 0 radical (unpaired) electrons. The molecule has 4 rings (SSSR count). The molecular formula is C25H34N6O2S. The van der Waals surface area contributed by atoms with Gasteiger partial charge in [-0.3, -0.25) is 4.79 Å². The summed E-state index contributed by atoms with van der Waals surface area (Å²) in [5, 5.41) is 18.0. The number of piperidine rings is 1. The van der Waals surface area contributed by atoms with Crippen molar-refractivity contribution in [2.45, 2.75) is 44.8 Å². The van der Waals surface area contributed by atoms with Gasteiger partial charge in [-0.2, -0.15) is 0 Å². The number of nitrogens with two attached hydrogens (primary N) is 2. The number of anilines is 3. The zero-order chi connectivity index (χ0) is 24.1. The van der Waals surface area contributed by atoms with E-state index in [4.69, 9.17) is 16.5 Å². The quantitative estimate of drug-likeness (QED) is 0.300. The lowest BCUT2D eigenvalue weighted by molar-refractivity contribution is 0.100. The van der Waals surface area contributed by atoms with Crippen LogP contribution in [0.15, 0.2) is 36.4 Å². The topological polar surface area (TPSA) is 130 Å². The molecule has 3 heterocycles. The number of aliphatic hydroxyl groups excluding tert-OH is 1. The van der Waals surface area contributed by atoms with E-state index in [1.54, 1.807) is 0 Å². The Morgan fingerprint density at radius 1 is 1.26 bits per heavy atom. The van der Waals surface area contributed by atoms with Gasteiger partial charge in [0, 0.05) is 43.3 Å². The number of hydrogen-bond donors (Lipinski definition) is 5. The number of fused-ring (bicyclic) bond motifs is 1. The van der Waals surface area contributed by atoms with Gasteiger partial charge >= 0.3 is 0 Å². The first-order valence-corrected chi connectivity index (χ1v) is 12.7. The first-order chi connectivity index (χ1) is 16.5. The van der Waals surface area contributed by atoms with E-state index in [1.165, 1.54) is 11.3 Å². The summed E-state index contributed by atoms with van der Waals surface area (Å²) in [5.41, 5.74) is 14.4. The molecule has 7 N–H and O–H groups in total. The number of primary amides is 1. The monoisotopic (exact) mass is 482 g/mol. The van der Waals surface area contributed by atoms with E-state index in [0.29, 0.717) is 29.7 Å².